The van der Waals surface area contributed by atoms with Crippen LogP contribution in [0.2, 0.25) is 0 Å². The number of aromatic nitrogens is 3. The van der Waals surface area contributed by atoms with Gasteiger partial charge in [0.15, 0.2) is 0 Å². The van der Waals surface area contributed by atoms with Crippen molar-refractivity contribution in [2.75, 3.05) is 0 Å². The lowest BCUT2D eigenvalue weighted by molar-refractivity contribution is -0.126. The van der Waals surface area contributed by atoms with Gasteiger partial charge in [-0.3, -0.25) is 9.89 Å². The number of amides is 1. The average molecular weight is 234 g/mol. The second-order valence-electron chi connectivity index (χ2n) is 5.20. The van der Waals surface area contributed by atoms with Crippen LogP contribution < -0.4 is 5.32 Å². The van der Waals surface area contributed by atoms with E-state index < -0.39 is 0 Å². The summed E-state index contributed by atoms with van der Waals surface area (Å²) < 4.78 is 0. The number of nitrogens with one attached hydrogen (secondary N) is 2. The highest BCUT2D eigenvalue weighted by Crippen LogP contribution is 2.34. The Morgan fingerprint density at radius 1 is 1.24 bits per heavy atom. The zero-order valence-electron chi connectivity index (χ0n) is 9.85. The molecule has 0 atom stereocenters. The number of aromatic amines is 1. The van der Waals surface area contributed by atoms with Crippen molar-refractivity contribution in [1.29, 1.82) is 0 Å². The Labute approximate surface area is 100 Å². The highest BCUT2D eigenvalue weighted by atomic mass is 16.2. The first-order valence-electron chi connectivity index (χ1n) is 6.48. The minimum Gasteiger partial charge on any atom is -0.353 e. The molecule has 0 aliphatic heterocycles. The molecule has 17 heavy (non-hydrogen) atoms. The molecule has 2 N–H and O–H groups in total. The van der Waals surface area contributed by atoms with Gasteiger partial charge in [0.1, 0.15) is 12.2 Å². The lowest BCUT2D eigenvalue weighted by Crippen LogP contribution is -2.34. The molecule has 2 aliphatic rings. The standard InChI is InChI=1S/C12H18N4O/c17-12(15-10-5-6-10)9-3-1-8(2-4-9)11-13-7-14-16-11/h7-10H,1-6H2,(H,15,17)(H,13,14,16). The Bertz CT molecular complexity index is 377. The molecule has 0 unspecified atom stereocenters. The molecule has 1 heterocycles. The third-order valence-electron chi connectivity index (χ3n) is 3.84. The van der Waals surface area contributed by atoms with E-state index in [1.807, 2.05) is 0 Å². The van der Waals surface area contributed by atoms with E-state index in [0.717, 1.165) is 31.5 Å². The van der Waals surface area contributed by atoms with Gasteiger partial charge in [-0.1, -0.05) is 0 Å². The van der Waals surface area contributed by atoms with E-state index in [9.17, 15) is 4.79 Å². The maximum absolute atomic E-state index is 11.9. The van der Waals surface area contributed by atoms with Crippen LogP contribution in [0.4, 0.5) is 0 Å². The van der Waals surface area contributed by atoms with Crippen molar-refractivity contribution >= 4 is 5.91 Å². The number of carbonyl (C=O) groups excluding carboxylic acids is 1. The minimum absolute atomic E-state index is 0.217. The van der Waals surface area contributed by atoms with Crippen LogP contribution in [0, 0.1) is 5.92 Å². The van der Waals surface area contributed by atoms with Crippen molar-refractivity contribution in [3.63, 3.8) is 0 Å². The number of carbonyl (C=O) groups is 1. The van der Waals surface area contributed by atoms with Gasteiger partial charge in [-0.05, 0) is 38.5 Å². The van der Waals surface area contributed by atoms with Crippen LogP contribution in [0.25, 0.3) is 0 Å². The van der Waals surface area contributed by atoms with Crippen LogP contribution in [0.5, 0.6) is 0 Å². The fourth-order valence-corrected chi connectivity index (χ4v) is 2.59. The first-order chi connectivity index (χ1) is 8.33. The molecule has 2 aliphatic carbocycles. The van der Waals surface area contributed by atoms with Gasteiger partial charge in [-0.2, -0.15) is 5.10 Å². The summed E-state index contributed by atoms with van der Waals surface area (Å²) >= 11 is 0. The molecule has 0 aromatic carbocycles. The van der Waals surface area contributed by atoms with E-state index >= 15 is 0 Å². The summed E-state index contributed by atoms with van der Waals surface area (Å²) in [6.07, 6.45) is 7.92. The van der Waals surface area contributed by atoms with Gasteiger partial charge in [-0.25, -0.2) is 4.98 Å². The van der Waals surface area contributed by atoms with Crippen molar-refractivity contribution in [2.45, 2.75) is 50.5 Å². The first-order valence-corrected chi connectivity index (χ1v) is 6.48. The van der Waals surface area contributed by atoms with Crippen molar-refractivity contribution < 1.29 is 4.79 Å². The first kappa shape index (κ1) is 10.7. The second-order valence-corrected chi connectivity index (χ2v) is 5.20. The summed E-state index contributed by atoms with van der Waals surface area (Å²) in [6.45, 7) is 0. The summed E-state index contributed by atoms with van der Waals surface area (Å²) in [6, 6.07) is 0.481. The van der Waals surface area contributed by atoms with Crippen molar-refractivity contribution in [1.82, 2.24) is 20.5 Å². The largest absolute Gasteiger partial charge is 0.353 e. The molecule has 2 saturated carbocycles. The van der Waals surface area contributed by atoms with Crippen LogP contribution in [0.15, 0.2) is 6.33 Å². The highest BCUT2D eigenvalue weighted by Gasteiger charge is 2.31. The van der Waals surface area contributed by atoms with Gasteiger partial charge >= 0.3 is 0 Å². The van der Waals surface area contributed by atoms with Crippen LogP contribution in [-0.4, -0.2) is 27.1 Å². The molecule has 0 radical (unpaired) electrons. The Balaban J connectivity index is 1.51. The normalized spacial score (nSPS) is 28.9. The van der Waals surface area contributed by atoms with Gasteiger partial charge in [0.25, 0.3) is 0 Å². The maximum atomic E-state index is 11.9. The van der Waals surface area contributed by atoms with Gasteiger partial charge in [0.05, 0.1) is 0 Å². The molecular formula is C12H18N4O. The molecule has 92 valence electrons. The predicted molar refractivity (Wildman–Crippen MR) is 62.2 cm³/mol. The number of hydrogen-bond donors (Lipinski definition) is 2. The van der Waals surface area contributed by atoms with Gasteiger partial charge in [0.2, 0.25) is 5.91 Å². The lowest BCUT2D eigenvalue weighted by atomic mass is 9.81. The smallest absolute Gasteiger partial charge is 0.223 e. The predicted octanol–water partition coefficient (Wildman–Crippen LogP) is 1.36. The van der Waals surface area contributed by atoms with Crippen molar-refractivity contribution in [3.8, 4) is 0 Å². The summed E-state index contributed by atoms with van der Waals surface area (Å²) in [5, 5.41) is 9.91. The van der Waals surface area contributed by atoms with E-state index in [4.69, 9.17) is 0 Å². The van der Waals surface area contributed by atoms with E-state index in [0.29, 0.717) is 12.0 Å². The van der Waals surface area contributed by atoms with Crippen molar-refractivity contribution in [2.24, 2.45) is 5.92 Å². The Morgan fingerprint density at radius 2 is 2.00 bits per heavy atom. The molecule has 1 amide bonds. The summed E-state index contributed by atoms with van der Waals surface area (Å²) in [5.74, 6) is 1.92. The molecule has 0 spiro atoms. The zero-order chi connectivity index (χ0) is 11.7. The number of rotatable bonds is 3. The molecule has 1 aromatic rings. The van der Waals surface area contributed by atoms with Crippen LogP contribution >= 0.6 is 0 Å². The topological polar surface area (TPSA) is 70.7 Å². The Morgan fingerprint density at radius 3 is 2.59 bits per heavy atom. The van der Waals surface area contributed by atoms with Crippen LogP contribution in [0.3, 0.4) is 0 Å². The maximum Gasteiger partial charge on any atom is 0.223 e. The fourth-order valence-electron chi connectivity index (χ4n) is 2.59. The van der Waals surface area contributed by atoms with E-state index in [1.54, 1.807) is 6.33 Å². The number of hydrogen-bond acceptors (Lipinski definition) is 3. The fraction of sp³-hybridized carbons (Fsp3) is 0.750. The van der Waals surface area contributed by atoms with Gasteiger partial charge < -0.3 is 5.32 Å². The average Bonchev–Trinajstić information content (AvgIpc) is 3.00. The quantitative estimate of drug-likeness (QED) is 0.829. The second kappa shape index (κ2) is 4.47. The summed E-state index contributed by atoms with van der Waals surface area (Å²) in [4.78, 5) is 16.1. The van der Waals surface area contributed by atoms with E-state index in [1.165, 1.54) is 12.8 Å². The van der Waals surface area contributed by atoms with Crippen LogP contribution in [0.1, 0.15) is 50.3 Å². The summed E-state index contributed by atoms with van der Waals surface area (Å²) in [7, 11) is 0. The van der Waals surface area contributed by atoms with Gasteiger partial charge in [-0.15, -0.1) is 0 Å². The summed E-state index contributed by atoms with van der Waals surface area (Å²) in [5.41, 5.74) is 0. The lowest BCUT2D eigenvalue weighted by Gasteiger charge is -2.26. The van der Waals surface area contributed by atoms with Crippen LogP contribution in [-0.2, 0) is 4.79 Å². The third kappa shape index (κ3) is 2.48. The van der Waals surface area contributed by atoms with Gasteiger partial charge in [0, 0.05) is 17.9 Å². The molecule has 5 heteroatoms. The Hall–Kier alpha value is -1.39. The third-order valence-corrected chi connectivity index (χ3v) is 3.84. The number of H-pyrrole nitrogens is 1. The molecule has 0 bridgehead atoms. The monoisotopic (exact) mass is 234 g/mol. The molecule has 2 fully saturated rings. The minimum atomic E-state index is 0.217. The molecule has 0 saturated heterocycles. The zero-order valence-corrected chi connectivity index (χ0v) is 9.85. The molecule has 3 rings (SSSR count). The molecule has 5 nitrogen and oxygen atoms in total. The highest BCUT2D eigenvalue weighted by molar-refractivity contribution is 5.79. The number of nitrogens with zero attached hydrogens (tertiary/aromatic N) is 2. The molecule has 1 aromatic heterocycles. The van der Waals surface area contributed by atoms with E-state index in [-0.39, 0.29) is 11.8 Å². The Kier molecular flexibility index (Phi) is 2.82. The molecular weight excluding hydrogens is 216 g/mol. The SMILES string of the molecule is O=C(NC1CC1)C1CCC(c2ncn[nH]2)CC1. The van der Waals surface area contributed by atoms with Crippen molar-refractivity contribution in [3.05, 3.63) is 12.2 Å². The van der Waals surface area contributed by atoms with E-state index in [2.05, 4.69) is 20.5 Å².